The molecular weight excluding hydrogens is 264 g/mol. The van der Waals surface area contributed by atoms with E-state index in [2.05, 4.69) is 4.98 Å². The van der Waals surface area contributed by atoms with Gasteiger partial charge in [0.2, 0.25) is 0 Å². The Morgan fingerprint density at radius 1 is 1.14 bits per heavy atom. The summed E-state index contributed by atoms with van der Waals surface area (Å²) in [4.78, 5) is 16.2. The molecular formula is C17H16N2O2. The number of carbonyl (C=O) groups is 1. The third-order valence-electron chi connectivity index (χ3n) is 3.53. The van der Waals surface area contributed by atoms with Crippen LogP contribution in [0.2, 0.25) is 0 Å². The third kappa shape index (κ3) is 2.18. The minimum absolute atomic E-state index is 0.539. The van der Waals surface area contributed by atoms with E-state index in [0.29, 0.717) is 17.1 Å². The monoisotopic (exact) mass is 280 g/mol. The summed E-state index contributed by atoms with van der Waals surface area (Å²) in [5.41, 5.74) is 4.94. The van der Waals surface area contributed by atoms with Crippen LogP contribution in [0.4, 0.5) is 0 Å². The molecule has 0 spiro atoms. The number of benzene rings is 1. The molecule has 3 aromatic rings. The summed E-state index contributed by atoms with van der Waals surface area (Å²) in [6.45, 7) is 3.99. The summed E-state index contributed by atoms with van der Waals surface area (Å²) >= 11 is 0. The van der Waals surface area contributed by atoms with Crippen molar-refractivity contribution < 1.29 is 9.53 Å². The highest BCUT2D eigenvalue weighted by Crippen LogP contribution is 2.32. The number of imidazole rings is 1. The number of aryl methyl sites for hydroxylation is 2. The maximum atomic E-state index is 11.6. The van der Waals surface area contributed by atoms with E-state index in [9.17, 15) is 4.79 Å². The van der Waals surface area contributed by atoms with Gasteiger partial charge in [-0.3, -0.25) is 9.20 Å². The summed E-state index contributed by atoms with van der Waals surface area (Å²) in [7, 11) is 1.62. The molecule has 4 nitrogen and oxygen atoms in total. The molecule has 0 aliphatic heterocycles. The highest BCUT2D eigenvalue weighted by molar-refractivity contribution is 5.88. The van der Waals surface area contributed by atoms with Crippen LogP contribution in [0.5, 0.6) is 5.75 Å². The Kier molecular flexibility index (Phi) is 3.22. The second kappa shape index (κ2) is 5.05. The fourth-order valence-electron chi connectivity index (χ4n) is 2.49. The Hall–Kier alpha value is -2.62. The van der Waals surface area contributed by atoms with Crippen LogP contribution in [-0.2, 0) is 0 Å². The molecule has 0 saturated carbocycles. The van der Waals surface area contributed by atoms with Crippen LogP contribution in [0.3, 0.4) is 0 Å². The Morgan fingerprint density at radius 3 is 2.62 bits per heavy atom. The van der Waals surface area contributed by atoms with Crippen molar-refractivity contribution in [3.05, 3.63) is 53.3 Å². The fourth-order valence-corrected chi connectivity index (χ4v) is 2.49. The predicted octanol–water partition coefficient (Wildman–Crippen LogP) is 3.44. The Morgan fingerprint density at radius 2 is 1.90 bits per heavy atom. The van der Waals surface area contributed by atoms with Crippen LogP contribution in [0.1, 0.15) is 21.6 Å². The predicted molar refractivity (Wildman–Crippen MR) is 82.0 cm³/mol. The highest BCUT2D eigenvalue weighted by Gasteiger charge is 2.17. The Balaban J connectivity index is 2.35. The summed E-state index contributed by atoms with van der Waals surface area (Å²) in [6, 6.07) is 9.75. The summed E-state index contributed by atoms with van der Waals surface area (Å²) < 4.78 is 7.23. The Labute approximate surface area is 123 Å². The van der Waals surface area contributed by atoms with Gasteiger partial charge in [0.1, 0.15) is 22.8 Å². The first-order valence-corrected chi connectivity index (χ1v) is 6.73. The quantitative estimate of drug-likeness (QED) is 0.690. The molecule has 4 heteroatoms. The second-order valence-corrected chi connectivity index (χ2v) is 5.10. The van der Waals surface area contributed by atoms with Crippen molar-refractivity contribution in [2.75, 3.05) is 7.11 Å². The average molecular weight is 280 g/mol. The van der Waals surface area contributed by atoms with Gasteiger partial charge in [0.05, 0.1) is 7.11 Å². The molecule has 0 radical (unpaired) electrons. The lowest BCUT2D eigenvalue weighted by molar-refractivity contribution is 0.111. The van der Waals surface area contributed by atoms with E-state index >= 15 is 0 Å². The zero-order valence-corrected chi connectivity index (χ0v) is 12.3. The largest absolute Gasteiger partial charge is 0.496 e. The van der Waals surface area contributed by atoms with Gasteiger partial charge in [0.15, 0.2) is 6.29 Å². The van der Waals surface area contributed by atoms with Gasteiger partial charge in [0.25, 0.3) is 0 Å². The lowest BCUT2D eigenvalue weighted by atomic mass is 10.1. The molecule has 0 bridgehead atoms. The van der Waals surface area contributed by atoms with E-state index in [0.717, 1.165) is 28.6 Å². The zero-order chi connectivity index (χ0) is 15.0. The molecule has 2 heterocycles. The van der Waals surface area contributed by atoms with Gasteiger partial charge >= 0.3 is 0 Å². The molecule has 0 saturated heterocycles. The molecule has 0 N–H and O–H groups in total. The number of hydrogen-bond donors (Lipinski definition) is 0. The van der Waals surface area contributed by atoms with Gasteiger partial charge in [-0.1, -0.05) is 17.7 Å². The van der Waals surface area contributed by atoms with E-state index in [1.807, 2.05) is 54.8 Å². The molecule has 0 unspecified atom stereocenters. The molecule has 0 atom stereocenters. The van der Waals surface area contributed by atoms with Crippen molar-refractivity contribution in [2.24, 2.45) is 0 Å². The van der Waals surface area contributed by atoms with Crippen LogP contribution in [0.25, 0.3) is 16.9 Å². The maximum Gasteiger partial charge on any atom is 0.169 e. The molecule has 0 amide bonds. The van der Waals surface area contributed by atoms with Gasteiger partial charge in [-0.2, -0.15) is 0 Å². The molecule has 2 aromatic heterocycles. The fraction of sp³-hybridized carbons (Fsp3) is 0.176. The molecule has 1 aromatic carbocycles. The number of rotatable bonds is 3. The van der Waals surface area contributed by atoms with Crippen LogP contribution in [0.15, 0.2) is 36.5 Å². The van der Waals surface area contributed by atoms with Crippen LogP contribution in [-0.4, -0.2) is 22.8 Å². The smallest absolute Gasteiger partial charge is 0.169 e. The molecule has 0 aliphatic rings. The molecule has 106 valence electrons. The summed E-state index contributed by atoms with van der Waals surface area (Å²) in [5.74, 6) is 0.712. The highest BCUT2D eigenvalue weighted by atomic mass is 16.5. The van der Waals surface area contributed by atoms with E-state index in [1.165, 1.54) is 0 Å². The van der Waals surface area contributed by atoms with Crippen LogP contribution >= 0.6 is 0 Å². The first-order valence-electron chi connectivity index (χ1n) is 6.73. The number of methoxy groups -OCH3 is 1. The van der Waals surface area contributed by atoms with Gasteiger partial charge in [-0.05, 0) is 37.6 Å². The zero-order valence-electron chi connectivity index (χ0n) is 12.3. The van der Waals surface area contributed by atoms with E-state index < -0.39 is 0 Å². The summed E-state index contributed by atoms with van der Waals surface area (Å²) in [5, 5.41) is 0. The van der Waals surface area contributed by atoms with E-state index in [-0.39, 0.29) is 0 Å². The number of pyridine rings is 1. The number of nitrogens with zero attached hydrogens (tertiary/aromatic N) is 2. The maximum absolute atomic E-state index is 11.6. The number of aromatic nitrogens is 2. The first kappa shape index (κ1) is 13.4. The lowest BCUT2D eigenvalue weighted by Gasteiger charge is -2.08. The SMILES string of the molecule is COc1ccc(C)cc1-c1nc2ccc(C)cn2c1C=O. The number of aldehydes is 1. The molecule has 21 heavy (non-hydrogen) atoms. The average Bonchev–Trinajstić information content (AvgIpc) is 2.84. The van der Waals surface area contributed by atoms with Crippen molar-refractivity contribution >= 4 is 11.9 Å². The number of fused-ring (bicyclic) bond motifs is 1. The summed E-state index contributed by atoms with van der Waals surface area (Å²) in [6.07, 6.45) is 2.76. The van der Waals surface area contributed by atoms with Gasteiger partial charge < -0.3 is 4.74 Å². The van der Waals surface area contributed by atoms with Crippen molar-refractivity contribution in [2.45, 2.75) is 13.8 Å². The molecule has 3 rings (SSSR count). The van der Waals surface area contributed by atoms with Crippen molar-refractivity contribution in [1.29, 1.82) is 0 Å². The number of ether oxygens (including phenoxy) is 1. The van der Waals surface area contributed by atoms with E-state index in [1.54, 1.807) is 7.11 Å². The van der Waals surface area contributed by atoms with Crippen LogP contribution < -0.4 is 4.74 Å². The first-order chi connectivity index (χ1) is 10.1. The topological polar surface area (TPSA) is 43.6 Å². The van der Waals surface area contributed by atoms with Gasteiger partial charge in [-0.25, -0.2) is 4.98 Å². The minimum Gasteiger partial charge on any atom is -0.496 e. The standard InChI is InChI=1S/C17H16N2O2/c1-11-4-6-15(21-3)13(8-11)17-14(10-20)19-9-12(2)5-7-16(19)18-17/h4-10H,1-3H3. The third-order valence-corrected chi connectivity index (χ3v) is 3.53. The number of carbonyl (C=O) groups excluding carboxylic acids is 1. The van der Waals surface area contributed by atoms with Crippen molar-refractivity contribution in [3.63, 3.8) is 0 Å². The van der Waals surface area contributed by atoms with Crippen molar-refractivity contribution in [3.8, 4) is 17.0 Å². The molecule has 0 aliphatic carbocycles. The Bertz CT molecular complexity index is 834. The molecule has 0 fully saturated rings. The van der Waals surface area contributed by atoms with Crippen LogP contribution in [0, 0.1) is 13.8 Å². The second-order valence-electron chi connectivity index (χ2n) is 5.10. The normalized spacial score (nSPS) is 10.8. The van der Waals surface area contributed by atoms with Crippen molar-refractivity contribution in [1.82, 2.24) is 9.38 Å². The van der Waals surface area contributed by atoms with E-state index in [4.69, 9.17) is 4.74 Å². The minimum atomic E-state index is 0.539. The van der Waals surface area contributed by atoms with Gasteiger partial charge in [-0.15, -0.1) is 0 Å². The number of hydrogen-bond acceptors (Lipinski definition) is 3. The van der Waals surface area contributed by atoms with Gasteiger partial charge in [0, 0.05) is 11.8 Å². The lowest BCUT2D eigenvalue weighted by Crippen LogP contribution is -1.95.